The highest BCUT2D eigenvalue weighted by Crippen LogP contribution is 2.06. The van der Waals surface area contributed by atoms with Crippen LogP contribution in [-0.2, 0) is 0 Å². The highest BCUT2D eigenvalue weighted by Gasteiger charge is 2.13. The van der Waals surface area contributed by atoms with Crippen LogP contribution in [0.25, 0.3) is 0 Å². The van der Waals surface area contributed by atoms with Gasteiger partial charge in [-0.3, -0.25) is 4.79 Å². The maximum Gasteiger partial charge on any atom is 0.273 e. The van der Waals surface area contributed by atoms with E-state index in [-0.39, 0.29) is 11.7 Å². The molecular formula is C12H19FN2O. The summed E-state index contributed by atoms with van der Waals surface area (Å²) in [5, 5.41) is 2.58. The topological polar surface area (TPSA) is 42.0 Å². The van der Waals surface area contributed by atoms with E-state index < -0.39 is 11.7 Å². The SMILES string of the molecule is CC.Cc1cnc(C(=O)NC(C)C)c(F)c1. The third-order valence-electron chi connectivity index (χ3n) is 1.61. The first-order chi connectivity index (χ1) is 7.50. The first-order valence-electron chi connectivity index (χ1n) is 5.43. The van der Waals surface area contributed by atoms with Crippen LogP contribution in [-0.4, -0.2) is 16.9 Å². The van der Waals surface area contributed by atoms with Crippen molar-refractivity contribution in [1.82, 2.24) is 10.3 Å². The van der Waals surface area contributed by atoms with Crippen LogP contribution in [0.2, 0.25) is 0 Å². The average Bonchev–Trinajstić information content (AvgIpc) is 2.19. The molecule has 0 saturated heterocycles. The van der Waals surface area contributed by atoms with Crippen LogP contribution < -0.4 is 5.32 Å². The van der Waals surface area contributed by atoms with Crippen LogP contribution in [0.1, 0.15) is 43.7 Å². The minimum atomic E-state index is -0.580. The Morgan fingerprint density at radius 2 is 2.00 bits per heavy atom. The summed E-state index contributed by atoms with van der Waals surface area (Å²) in [6, 6.07) is 1.27. The van der Waals surface area contributed by atoms with E-state index >= 15 is 0 Å². The Morgan fingerprint density at radius 3 is 2.44 bits per heavy atom. The van der Waals surface area contributed by atoms with E-state index in [9.17, 15) is 9.18 Å². The Labute approximate surface area is 96.1 Å². The molecule has 3 nitrogen and oxygen atoms in total. The second kappa shape index (κ2) is 6.93. The van der Waals surface area contributed by atoms with Crippen molar-refractivity contribution in [2.75, 3.05) is 0 Å². The molecule has 1 aromatic rings. The number of aryl methyl sites for hydroxylation is 1. The second-order valence-corrected chi connectivity index (χ2v) is 3.47. The van der Waals surface area contributed by atoms with Gasteiger partial charge in [0.05, 0.1) is 0 Å². The summed E-state index contributed by atoms with van der Waals surface area (Å²) < 4.78 is 13.2. The number of hydrogen-bond acceptors (Lipinski definition) is 2. The number of carbonyl (C=O) groups is 1. The van der Waals surface area contributed by atoms with E-state index in [4.69, 9.17) is 0 Å². The van der Waals surface area contributed by atoms with E-state index in [1.165, 1.54) is 12.3 Å². The summed E-state index contributed by atoms with van der Waals surface area (Å²) in [4.78, 5) is 15.1. The number of rotatable bonds is 2. The molecule has 1 amide bonds. The molecule has 0 radical (unpaired) electrons. The number of nitrogens with one attached hydrogen (secondary N) is 1. The summed E-state index contributed by atoms with van der Waals surface area (Å²) in [5.74, 6) is -1.05. The van der Waals surface area contributed by atoms with Gasteiger partial charge in [0.1, 0.15) is 0 Å². The summed E-state index contributed by atoms with van der Waals surface area (Å²) in [6.07, 6.45) is 1.47. The molecular weight excluding hydrogens is 207 g/mol. The van der Waals surface area contributed by atoms with Crippen LogP contribution in [0, 0.1) is 12.7 Å². The van der Waals surface area contributed by atoms with Crippen molar-refractivity contribution in [1.29, 1.82) is 0 Å². The fraction of sp³-hybridized carbons (Fsp3) is 0.500. The van der Waals surface area contributed by atoms with Gasteiger partial charge < -0.3 is 5.32 Å². The van der Waals surface area contributed by atoms with Crippen molar-refractivity contribution in [3.05, 3.63) is 29.3 Å². The van der Waals surface area contributed by atoms with Gasteiger partial charge in [-0.05, 0) is 32.4 Å². The molecule has 0 aliphatic carbocycles. The maximum absolute atomic E-state index is 13.2. The van der Waals surface area contributed by atoms with Gasteiger partial charge in [0.25, 0.3) is 5.91 Å². The molecule has 16 heavy (non-hydrogen) atoms. The van der Waals surface area contributed by atoms with Gasteiger partial charge >= 0.3 is 0 Å². The van der Waals surface area contributed by atoms with Gasteiger partial charge in [0.15, 0.2) is 11.5 Å². The minimum Gasteiger partial charge on any atom is -0.348 e. The second-order valence-electron chi connectivity index (χ2n) is 3.47. The molecule has 0 atom stereocenters. The zero-order valence-electron chi connectivity index (χ0n) is 10.5. The Morgan fingerprint density at radius 1 is 1.44 bits per heavy atom. The number of hydrogen-bond donors (Lipinski definition) is 1. The van der Waals surface area contributed by atoms with Crippen molar-refractivity contribution in [3.63, 3.8) is 0 Å². The molecule has 0 aliphatic heterocycles. The molecule has 0 aliphatic rings. The predicted octanol–water partition coefficient (Wildman–Crippen LogP) is 2.69. The average molecular weight is 226 g/mol. The molecule has 1 aromatic heterocycles. The van der Waals surface area contributed by atoms with Crippen LogP contribution >= 0.6 is 0 Å². The fourth-order valence-electron chi connectivity index (χ4n) is 1.03. The fourth-order valence-corrected chi connectivity index (χ4v) is 1.03. The van der Waals surface area contributed by atoms with Gasteiger partial charge in [-0.1, -0.05) is 13.8 Å². The molecule has 4 heteroatoms. The molecule has 90 valence electrons. The third-order valence-corrected chi connectivity index (χ3v) is 1.61. The van der Waals surface area contributed by atoms with Crippen molar-refractivity contribution in [2.24, 2.45) is 0 Å². The molecule has 0 saturated carbocycles. The summed E-state index contributed by atoms with van der Waals surface area (Å²) in [7, 11) is 0. The predicted molar refractivity (Wildman–Crippen MR) is 62.9 cm³/mol. The van der Waals surface area contributed by atoms with E-state index in [1.54, 1.807) is 6.92 Å². The first-order valence-corrected chi connectivity index (χ1v) is 5.43. The third kappa shape index (κ3) is 4.38. The number of aromatic nitrogens is 1. The van der Waals surface area contributed by atoms with E-state index in [2.05, 4.69) is 10.3 Å². The zero-order chi connectivity index (χ0) is 12.7. The standard InChI is InChI=1S/C10H13FN2O.C2H6/c1-6(2)13-10(14)9-8(11)4-7(3)5-12-9;1-2/h4-6H,1-3H3,(H,13,14);1-2H3. The quantitative estimate of drug-likeness (QED) is 0.842. The van der Waals surface area contributed by atoms with Crippen molar-refractivity contribution >= 4 is 5.91 Å². The Hall–Kier alpha value is -1.45. The molecule has 0 unspecified atom stereocenters. The largest absolute Gasteiger partial charge is 0.348 e. The van der Waals surface area contributed by atoms with Crippen LogP contribution in [0.15, 0.2) is 12.3 Å². The molecule has 1 heterocycles. The lowest BCUT2D eigenvalue weighted by molar-refractivity contribution is 0.0933. The smallest absolute Gasteiger partial charge is 0.273 e. The Bertz CT molecular complexity index is 351. The highest BCUT2D eigenvalue weighted by molar-refractivity contribution is 5.92. The molecule has 0 bridgehead atoms. The molecule has 0 spiro atoms. The normalized spacial score (nSPS) is 9.44. The first kappa shape index (κ1) is 14.6. The number of pyridine rings is 1. The lowest BCUT2D eigenvalue weighted by atomic mass is 10.2. The monoisotopic (exact) mass is 226 g/mol. The number of nitrogens with zero attached hydrogens (tertiary/aromatic N) is 1. The maximum atomic E-state index is 13.2. The van der Waals surface area contributed by atoms with Gasteiger partial charge in [-0.2, -0.15) is 0 Å². The molecule has 1 rings (SSSR count). The van der Waals surface area contributed by atoms with Gasteiger partial charge in [-0.25, -0.2) is 9.37 Å². The van der Waals surface area contributed by atoms with Gasteiger partial charge in [-0.15, -0.1) is 0 Å². The van der Waals surface area contributed by atoms with E-state index in [0.717, 1.165) is 0 Å². The Balaban J connectivity index is 0.00000106. The zero-order valence-corrected chi connectivity index (χ0v) is 10.5. The van der Waals surface area contributed by atoms with Crippen molar-refractivity contribution < 1.29 is 9.18 Å². The lowest BCUT2D eigenvalue weighted by Crippen LogP contribution is -2.31. The minimum absolute atomic E-state index is 0.0231. The number of amides is 1. The van der Waals surface area contributed by atoms with Crippen LogP contribution in [0.3, 0.4) is 0 Å². The summed E-state index contributed by atoms with van der Waals surface area (Å²) >= 11 is 0. The van der Waals surface area contributed by atoms with E-state index in [1.807, 2.05) is 27.7 Å². The van der Waals surface area contributed by atoms with Crippen LogP contribution in [0.4, 0.5) is 4.39 Å². The van der Waals surface area contributed by atoms with Gasteiger partial charge in [0, 0.05) is 12.2 Å². The highest BCUT2D eigenvalue weighted by atomic mass is 19.1. The lowest BCUT2D eigenvalue weighted by Gasteiger charge is -2.08. The van der Waals surface area contributed by atoms with Crippen molar-refractivity contribution in [3.8, 4) is 0 Å². The van der Waals surface area contributed by atoms with Crippen LogP contribution in [0.5, 0.6) is 0 Å². The number of carbonyl (C=O) groups excluding carboxylic acids is 1. The molecule has 0 fully saturated rings. The summed E-state index contributed by atoms with van der Waals surface area (Å²) in [6.45, 7) is 9.34. The Kier molecular flexibility index (Phi) is 6.30. The molecule has 0 aromatic carbocycles. The van der Waals surface area contributed by atoms with Gasteiger partial charge in [0.2, 0.25) is 0 Å². The summed E-state index contributed by atoms with van der Waals surface area (Å²) in [5.41, 5.74) is 0.549. The number of halogens is 1. The van der Waals surface area contributed by atoms with Crippen molar-refractivity contribution in [2.45, 2.75) is 40.7 Å². The van der Waals surface area contributed by atoms with E-state index in [0.29, 0.717) is 5.56 Å². The molecule has 1 N–H and O–H groups in total.